The predicted octanol–water partition coefficient (Wildman–Crippen LogP) is 2.32. The summed E-state index contributed by atoms with van der Waals surface area (Å²) < 4.78 is 0. The fourth-order valence-corrected chi connectivity index (χ4v) is 3.03. The van der Waals surface area contributed by atoms with Crippen LogP contribution in [0.1, 0.15) is 36.0 Å². The highest BCUT2D eigenvalue weighted by atomic mass is 32.2. The number of fused-ring (bicyclic) bond motifs is 1. The first-order valence-corrected chi connectivity index (χ1v) is 8.30. The van der Waals surface area contributed by atoms with Crippen molar-refractivity contribution in [3.63, 3.8) is 0 Å². The number of hydrogen-bond acceptors (Lipinski definition) is 4. The molecule has 6 heteroatoms. The zero-order valence-electron chi connectivity index (χ0n) is 11.9. The lowest BCUT2D eigenvalue weighted by Gasteiger charge is -2.02. The molecule has 0 atom stereocenters. The smallest absolute Gasteiger partial charge is 0.323 e. The summed E-state index contributed by atoms with van der Waals surface area (Å²) >= 11 is 1.63. The molecule has 0 amide bonds. The van der Waals surface area contributed by atoms with Crippen LogP contribution in [0.5, 0.6) is 0 Å². The van der Waals surface area contributed by atoms with Crippen molar-refractivity contribution < 1.29 is 9.90 Å². The van der Waals surface area contributed by atoms with Gasteiger partial charge < -0.3 is 15.1 Å². The van der Waals surface area contributed by atoms with Gasteiger partial charge in [-0.2, -0.15) is 11.8 Å². The number of carbonyl (C=O) groups is 1. The normalized spacial score (nSPS) is 11.1. The lowest BCUT2D eigenvalue weighted by Crippen LogP contribution is -2.03. The fourth-order valence-electron chi connectivity index (χ4n) is 2.12. The molecule has 0 spiro atoms. The number of rotatable bonds is 9. The molecule has 0 unspecified atom stereocenters. The minimum Gasteiger partial charge on any atom is -0.396 e. The molecule has 1 aromatic heterocycles. The summed E-state index contributed by atoms with van der Waals surface area (Å²) in [6.45, 7) is 0.259. The van der Waals surface area contributed by atoms with Gasteiger partial charge in [-0.25, -0.2) is 4.79 Å². The van der Waals surface area contributed by atoms with Gasteiger partial charge in [0.25, 0.3) is 0 Å². The summed E-state index contributed by atoms with van der Waals surface area (Å²) in [5.41, 5.74) is 1.75. The molecule has 5 nitrogen and oxygen atoms in total. The summed E-state index contributed by atoms with van der Waals surface area (Å²) in [6, 6.07) is 5.22. The van der Waals surface area contributed by atoms with Crippen molar-refractivity contribution in [2.24, 2.45) is 0 Å². The molecule has 0 bridgehead atoms. The Morgan fingerprint density at radius 3 is 2.67 bits per heavy atom. The average molecular weight is 308 g/mol. The van der Waals surface area contributed by atoms with Gasteiger partial charge in [0.05, 0.1) is 16.8 Å². The van der Waals surface area contributed by atoms with Crippen LogP contribution in [-0.4, -0.2) is 39.0 Å². The van der Waals surface area contributed by atoms with E-state index in [0.717, 1.165) is 31.4 Å². The van der Waals surface area contributed by atoms with Crippen LogP contribution in [0.3, 0.4) is 0 Å². The van der Waals surface area contributed by atoms with Gasteiger partial charge in [0.15, 0.2) is 5.78 Å². The summed E-state index contributed by atoms with van der Waals surface area (Å²) in [5, 5.41) is 8.67. The Labute approximate surface area is 127 Å². The van der Waals surface area contributed by atoms with Crippen LogP contribution in [0.2, 0.25) is 0 Å². The second-order valence-corrected chi connectivity index (χ2v) is 6.06. The van der Waals surface area contributed by atoms with Gasteiger partial charge in [0.1, 0.15) is 0 Å². The van der Waals surface area contributed by atoms with Gasteiger partial charge in [-0.3, -0.25) is 4.79 Å². The molecule has 1 heterocycles. The molecule has 2 aromatic rings. The maximum absolute atomic E-state index is 12.1. The molecule has 0 saturated heterocycles. The van der Waals surface area contributed by atoms with Gasteiger partial charge >= 0.3 is 5.69 Å². The topological polar surface area (TPSA) is 85.9 Å². The van der Waals surface area contributed by atoms with E-state index >= 15 is 0 Å². The van der Waals surface area contributed by atoms with Crippen molar-refractivity contribution in [3.8, 4) is 0 Å². The molecule has 2 rings (SSSR count). The van der Waals surface area contributed by atoms with Gasteiger partial charge in [-0.05, 0) is 36.8 Å². The van der Waals surface area contributed by atoms with Crippen molar-refractivity contribution in [2.45, 2.75) is 25.7 Å². The number of ketones is 1. The Bertz CT molecular complexity index is 648. The molecule has 0 aliphatic heterocycles. The lowest BCUT2D eigenvalue weighted by atomic mass is 10.1. The number of unbranched alkanes of at least 4 members (excludes halogenated alkanes) is 3. The van der Waals surface area contributed by atoms with Crippen molar-refractivity contribution >= 4 is 28.6 Å². The van der Waals surface area contributed by atoms with Crippen LogP contribution in [0.25, 0.3) is 11.0 Å². The third-order valence-corrected chi connectivity index (χ3v) is 4.31. The van der Waals surface area contributed by atoms with Gasteiger partial charge in [0, 0.05) is 12.2 Å². The number of Topliss-reactive ketones (excluding diaryl/α,β-unsaturated/α-hetero) is 1. The number of aromatic nitrogens is 2. The van der Waals surface area contributed by atoms with Crippen molar-refractivity contribution in [1.29, 1.82) is 0 Å². The minimum atomic E-state index is -0.258. The summed E-state index contributed by atoms with van der Waals surface area (Å²) in [4.78, 5) is 28.6. The van der Waals surface area contributed by atoms with E-state index < -0.39 is 0 Å². The Morgan fingerprint density at radius 2 is 1.86 bits per heavy atom. The molecule has 3 N–H and O–H groups in total. The summed E-state index contributed by atoms with van der Waals surface area (Å²) in [5.74, 6) is 1.50. The molecule has 1 aromatic carbocycles. The zero-order valence-corrected chi connectivity index (χ0v) is 12.7. The molecule has 21 heavy (non-hydrogen) atoms. The number of thioether (sulfide) groups is 1. The number of benzene rings is 1. The fraction of sp³-hybridized carbons (Fsp3) is 0.467. The van der Waals surface area contributed by atoms with Gasteiger partial charge in [-0.1, -0.05) is 12.8 Å². The molecular weight excluding hydrogens is 288 g/mol. The largest absolute Gasteiger partial charge is 0.396 e. The maximum atomic E-state index is 12.1. The Morgan fingerprint density at radius 1 is 1.10 bits per heavy atom. The second-order valence-electron chi connectivity index (χ2n) is 4.95. The van der Waals surface area contributed by atoms with E-state index in [2.05, 4.69) is 9.97 Å². The predicted molar refractivity (Wildman–Crippen MR) is 86.1 cm³/mol. The van der Waals surface area contributed by atoms with Crippen LogP contribution >= 0.6 is 11.8 Å². The third kappa shape index (κ3) is 4.75. The number of aromatic amines is 2. The van der Waals surface area contributed by atoms with E-state index in [1.54, 1.807) is 30.0 Å². The highest BCUT2D eigenvalue weighted by Crippen LogP contribution is 2.14. The Kier molecular flexibility index (Phi) is 6.07. The average Bonchev–Trinajstić information content (AvgIpc) is 2.85. The second kappa shape index (κ2) is 8.05. The number of nitrogens with one attached hydrogen (secondary N) is 2. The maximum Gasteiger partial charge on any atom is 0.323 e. The van der Waals surface area contributed by atoms with Crippen LogP contribution in [0.4, 0.5) is 0 Å². The SMILES string of the molecule is O=C(CSCCCCCCO)c1ccc2[nH]c(=O)[nH]c2c1. The van der Waals surface area contributed by atoms with E-state index in [4.69, 9.17) is 5.11 Å². The number of hydrogen-bond donors (Lipinski definition) is 3. The molecular formula is C15H20N2O3S. The summed E-state index contributed by atoms with van der Waals surface area (Å²) in [7, 11) is 0. The van der Waals surface area contributed by atoms with E-state index in [9.17, 15) is 9.59 Å². The van der Waals surface area contributed by atoms with Crippen LogP contribution in [0, 0.1) is 0 Å². The lowest BCUT2D eigenvalue weighted by molar-refractivity contribution is 0.102. The Hall–Kier alpha value is -1.53. The zero-order chi connectivity index (χ0) is 15.1. The monoisotopic (exact) mass is 308 g/mol. The first-order chi connectivity index (χ1) is 10.2. The molecule has 0 fully saturated rings. The van der Waals surface area contributed by atoms with E-state index in [0.29, 0.717) is 22.3 Å². The van der Waals surface area contributed by atoms with E-state index in [-0.39, 0.29) is 18.1 Å². The minimum absolute atomic E-state index is 0.0827. The molecule has 114 valence electrons. The molecule has 0 radical (unpaired) electrons. The van der Waals surface area contributed by atoms with Crippen molar-refractivity contribution in [3.05, 3.63) is 34.2 Å². The number of aliphatic hydroxyl groups excluding tert-OH is 1. The van der Waals surface area contributed by atoms with E-state index in [1.807, 2.05) is 0 Å². The number of H-pyrrole nitrogens is 2. The first-order valence-electron chi connectivity index (χ1n) is 7.14. The van der Waals surface area contributed by atoms with Crippen molar-refractivity contribution in [1.82, 2.24) is 9.97 Å². The highest BCUT2D eigenvalue weighted by Gasteiger charge is 2.08. The third-order valence-electron chi connectivity index (χ3n) is 3.27. The standard InChI is InChI=1S/C15H20N2O3S/c18-7-3-1-2-4-8-21-10-14(19)11-5-6-12-13(9-11)17-15(20)16-12/h5-6,9,18H,1-4,7-8,10H2,(H2,16,17,20). The van der Waals surface area contributed by atoms with Crippen molar-refractivity contribution in [2.75, 3.05) is 18.1 Å². The summed E-state index contributed by atoms with van der Waals surface area (Å²) in [6.07, 6.45) is 4.07. The molecule has 0 aliphatic carbocycles. The first kappa shape index (κ1) is 15.9. The molecule has 0 saturated carbocycles. The van der Waals surface area contributed by atoms with Crippen LogP contribution < -0.4 is 5.69 Å². The number of imidazole rings is 1. The van der Waals surface area contributed by atoms with Crippen LogP contribution in [-0.2, 0) is 0 Å². The number of carbonyl (C=O) groups excluding carboxylic acids is 1. The Balaban J connectivity index is 1.78. The molecule has 0 aliphatic rings. The van der Waals surface area contributed by atoms with Gasteiger partial charge in [-0.15, -0.1) is 0 Å². The number of aliphatic hydroxyl groups is 1. The van der Waals surface area contributed by atoms with Crippen LogP contribution in [0.15, 0.2) is 23.0 Å². The van der Waals surface area contributed by atoms with E-state index in [1.165, 1.54) is 0 Å². The van der Waals surface area contributed by atoms with Gasteiger partial charge in [0.2, 0.25) is 0 Å². The quantitative estimate of drug-likeness (QED) is 0.490. The highest BCUT2D eigenvalue weighted by molar-refractivity contribution is 7.99.